The van der Waals surface area contributed by atoms with E-state index in [1.807, 2.05) is 36.6 Å². The lowest BCUT2D eigenvalue weighted by molar-refractivity contribution is 0.0701. The van der Waals surface area contributed by atoms with Crippen molar-refractivity contribution >= 4 is 34.8 Å². The number of anilines is 1. The molecule has 3 nitrogen and oxygen atoms in total. The Morgan fingerprint density at radius 1 is 1.33 bits per heavy atom. The maximum atomic E-state index is 11.0. The molecule has 0 aliphatic carbocycles. The molecular formula is C13H13NO2S2. The zero-order chi connectivity index (χ0) is 13.0. The lowest BCUT2D eigenvalue weighted by Crippen LogP contribution is -2.03. The molecule has 1 aromatic carbocycles. The van der Waals surface area contributed by atoms with Gasteiger partial charge in [0, 0.05) is 17.1 Å². The van der Waals surface area contributed by atoms with Crippen molar-refractivity contribution in [3.05, 3.63) is 46.2 Å². The summed E-state index contributed by atoms with van der Waals surface area (Å²) in [7, 11) is 0. The topological polar surface area (TPSA) is 49.3 Å². The lowest BCUT2D eigenvalue weighted by atomic mass is 10.2. The summed E-state index contributed by atoms with van der Waals surface area (Å²) in [5.41, 5.74) is 1.82. The molecule has 94 valence electrons. The molecule has 0 unspecified atom stereocenters. The predicted molar refractivity (Wildman–Crippen MR) is 76.8 cm³/mol. The fourth-order valence-corrected chi connectivity index (χ4v) is 2.74. The number of carboxylic acid groups (broad SMARTS) is 1. The van der Waals surface area contributed by atoms with Crippen LogP contribution in [0.5, 0.6) is 0 Å². The van der Waals surface area contributed by atoms with Crippen LogP contribution in [0.4, 0.5) is 5.69 Å². The summed E-state index contributed by atoms with van der Waals surface area (Å²) in [6, 6.07) is 9.92. The highest BCUT2D eigenvalue weighted by Crippen LogP contribution is 2.20. The third-order valence-electron chi connectivity index (χ3n) is 2.51. The van der Waals surface area contributed by atoms with Crippen LogP contribution in [0, 0.1) is 0 Å². The van der Waals surface area contributed by atoms with Gasteiger partial charge in [-0.15, -0.1) is 23.1 Å². The molecule has 2 N–H and O–H groups in total. The molecule has 18 heavy (non-hydrogen) atoms. The summed E-state index contributed by atoms with van der Waals surface area (Å²) >= 11 is 2.95. The Labute approximate surface area is 114 Å². The molecule has 0 amide bonds. The quantitative estimate of drug-likeness (QED) is 0.818. The summed E-state index contributed by atoms with van der Waals surface area (Å²) in [5, 5.41) is 14.0. The molecule has 0 saturated heterocycles. The van der Waals surface area contributed by atoms with Gasteiger partial charge >= 0.3 is 5.97 Å². The molecular weight excluding hydrogens is 266 g/mol. The lowest BCUT2D eigenvalue weighted by Gasteiger charge is -2.06. The Balaban J connectivity index is 2.02. The first-order valence-corrected chi connectivity index (χ1v) is 7.48. The number of rotatable bonds is 5. The normalized spacial score (nSPS) is 10.3. The summed E-state index contributed by atoms with van der Waals surface area (Å²) in [5.74, 6) is -0.862. The van der Waals surface area contributed by atoms with Gasteiger partial charge in [-0.2, -0.15) is 0 Å². The van der Waals surface area contributed by atoms with Gasteiger partial charge < -0.3 is 10.4 Å². The Bertz CT molecular complexity index is 534. The third kappa shape index (κ3) is 3.05. The number of thiophene rings is 1. The minimum Gasteiger partial charge on any atom is -0.477 e. The molecule has 1 aromatic heterocycles. The first kappa shape index (κ1) is 13.0. The van der Waals surface area contributed by atoms with E-state index in [1.54, 1.807) is 17.1 Å². The van der Waals surface area contributed by atoms with E-state index < -0.39 is 5.97 Å². The van der Waals surface area contributed by atoms with Gasteiger partial charge in [-0.05, 0) is 47.5 Å². The fraction of sp³-hybridized carbons (Fsp3) is 0.154. The van der Waals surface area contributed by atoms with Crippen LogP contribution in [0.15, 0.2) is 40.6 Å². The molecule has 0 atom stereocenters. The molecule has 1 heterocycles. The Morgan fingerprint density at radius 2 is 2.06 bits per heavy atom. The summed E-state index contributed by atoms with van der Waals surface area (Å²) in [6.07, 6.45) is 2.03. The first-order valence-electron chi connectivity index (χ1n) is 5.38. The monoisotopic (exact) mass is 279 g/mol. The molecule has 0 radical (unpaired) electrons. The van der Waals surface area contributed by atoms with Crippen molar-refractivity contribution < 1.29 is 9.90 Å². The van der Waals surface area contributed by atoms with E-state index in [0.29, 0.717) is 11.4 Å². The van der Waals surface area contributed by atoms with E-state index in [-0.39, 0.29) is 0 Å². The van der Waals surface area contributed by atoms with Crippen molar-refractivity contribution in [3.63, 3.8) is 0 Å². The number of aromatic carboxylic acids is 1. The van der Waals surface area contributed by atoms with Crippen LogP contribution in [0.1, 0.15) is 15.2 Å². The van der Waals surface area contributed by atoms with Crippen LogP contribution < -0.4 is 5.32 Å². The first-order chi connectivity index (χ1) is 8.70. The van der Waals surface area contributed by atoms with Crippen molar-refractivity contribution in [1.29, 1.82) is 0 Å². The zero-order valence-corrected chi connectivity index (χ0v) is 11.5. The van der Waals surface area contributed by atoms with Gasteiger partial charge in [0.2, 0.25) is 0 Å². The molecule has 5 heteroatoms. The van der Waals surface area contributed by atoms with E-state index in [1.165, 1.54) is 16.2 Å². The summed E-state index contributed by atoms with van der Waals surface area (Å²) < 4.78 is 0. The van der Waals surface area contributed by atoms with Crippen LogP contribution in [-0.4, -0.2) is 17.3 Å². The smallest absolute Gasteiger partial charge is 0.346 e. The number of hydrogen-bond donors (Lipinski definition) is 2. The highest BCUT2D eigenvalue weighted by molar-refractivity contribution is 7.98. The molecule has 0 bridgehead atoms. The van der Waals surface area contributed by atoms with Gasteiger partial charge in [-0.1, -0.05) is 0 Å². The fourth-order valence-electron chi connectivity index (χ4n) is 1.57. The molecule has 2 aromatic rings. The van der Waals surface area contributed by atoms with E-state index in [2.05, 4.69) is 5.32 Å². The minimum absolute atomic E-state index is 0.406. The number of carboxylic acids is 1. The third-order valence-corrected chi connectivity index (χ3v) is 4.20. The van der Waals surface area contributed by atoms with Gasteiger partial charge in [0.1, 0.15) is 4.88 Å². The van der Waals surface area contributed by atoms with Gasteiger partial charge in [0.05, 0.1) is 0 Å². The van der Waals surface area contributed by atoms with Crippen LogP contribution in [-0.2, 0) is 6.54 Å². The molecule has 0 aliphatic rings. The number of thioether (sulfide) groups is 1. The Morgan fingerprint density at radius 3 is 2.67 bits per heavy atom. The van der Waals surface area contributed by atoms with Gasteiger partial charge in [0.15, 0.2) is 0 Å². The van der Waals surface area contributed by atoms with Crippen molar-refractivity contribution in [3.8, 4) is 0 Å². The number of hydrogen-bond acceptors (Lipinski definition) is 4. The van der Waals surface area contributed by atoms with Crippen LogP contribution >= 0.6 is 23.1 Å². The SMILES string of the molecule is CSc1ccc(NCc2ccsc2C(=O)O)cc1. The largest absolute Gasteiger partial charge is 0.477 e. The Kier molecular flexibility index (Phi) is 4.28. The van der Waals surface area contributed by atoms with Crippen LogP contribution in [0.3, 0.4) is 0 Å². The standard InChI is InChI=1S/C13H13NO2S2/c1-17-11-4-2-10(3-5-11)14-8-9-6-7-18-12(9)13(15)16/h2-7,14H,8H2,1H3,(H,15,16). The molecule has 0 saturated carbocycles. The average Bonchev–Trinajstić information content (AvgIpc) is 2.85. The van der Waals surface area contributed by atoms with Crippen molar-refractivity contribution in [2.75, 3.05) is 11.6 Å². The zero-order valence-electron chi connectivity index (χ0n) is 9.84. The van der Waals surface area contributed by atoms with Crippen LogP contribution in [0.25, 0.3) is 0 Å². The van der Waals surface area contributed by atoms with Gasteiger partial charge in [-0.25, -0.2) is 4.79 Å². The highest BCUT2D eigenvalue weighted by atomic mass is 32.2. The Hall–Kier alpha value is -1.46. The van der Waals surface area contributed by atoms with Gasteiger partial charge in [-0.3, -0.25) is 0 Å². The maximum Gasteiger partial charge on any atom is 0.346 e. The van der Waals surface area contributed by atoms with E-state index in [4.69, 9.17) is 5.11 Å². The van der Waals surface area contributed by atoms with Crippen molar-refractivity contribution in [2.24, 2.45) is 0 Å². The second kappa shape index (κ2) is 5.93. The summed E-state index contributed by atoms with van der Waals surface area (Å²) in [4.78, 5) is 12.6. The van der Waals surface area contributed by atoms with E-state index in [0.717, 1.165) is 11.3 Å². The van der Waals surface area contributed by atoms with E-state index in [9.17, 15) is 4.79 Å². The molecule has 0 aliphatic heterocycles. The number of carbonyl (C=O) groups is 1. The second-order valence-corrected chi connectivity index (χ2v) is 5.46. The van der Waals surface area contributed by atoms with Crippen molar-refractivity contribution in [1.82, 2.24) is 0 Å². The average molecular weight is 279 g/mol. The van der Waals surface area contributed by atoms with Crippen LogP contribution in [0.2, 0.25) is 0 Å². The number of nitrogens with one attached hydrogen (secondary N) is 1. The van der Waals surface area contributed by atoms with E-state index >= 15 is 0 Å². The van der Waals surface area contributed by atoms with Crippen molar-refractivity contribution in [2.45, 2.75) is 11.4 Å². The highest BCUT2D eigenvalue weighted by Gasteiger charge is 2.10. The predicted octanol–water partition coefficient (Wildman–Crippen LogP) is 3.78. The molecule has 0 spiro atoms. The maximum absolute atomic E-state index is 11.0. The summed E-state index contributed by atoms with van der Waals surface area (Å²) in [6.45, 7) is 0.531. The van der Waals surface area contributed by atoms with Gasteiger partial charge in [0.25, 0.3) is 0 Å². The molecule has 0 fully saturated rings. The minimum atomic E-state index is -0.862. The number of benzene rings is 1. The molecule has 2 rings (SSSR count). The second-order valence-electron chi connectivity index (χ2n) is 3.66.